The van der Waals surface area contributed by atoms with Gasteiger partial charge in [0.25, 0.3) is 5.91 Å². The van der Waals surface area contributed by atoms with Crippen molar-refractivity contribution in [2.24, 2.45) is 0 Å². The Morgan fingerprint density at radius 2 is 1.75 bits per heavy atom. The van der Waals surface area contributed by atoms with Crippen LogP contribution in [0.1, 0.15) is 15.9 Å². The van der Waals surface area contributed by atoms with Gasteiger partial charge in [-0.25, -0.2) is 4.98 Å². The zero-order valence-corrected chi connectivity index (χ0v) is 12.8. The van der Waals surface area contributed by atoms with Crippen LogP contribution in [0, 0.1) is 0 Å². The molecular weight excluding hydrogens is 341 g/mol. The smallest absolute Gasteiger partial charge is 0.279 e. The van der Waals surface area contributed by atoms with Crippen LogP contribution in [0.25, 0.3) is 10.2 Å². The molecule has 5 nitrogen and oxygen atoms in total. The average Bonchev–Trinajstić information content (AvgIpc) is 2.96. The van der Waals surface area contributed by atoms with Crippen molar-refractivity contribution >= 4 is 32.6 Å². The minimum Gasteiger partial charge on any atom is -0.279 e. The number of aromatic nitrogens is 1. The quantitative estimate of drug-likeness (QED) is 0.628. The first-order valence-electron chi connectivity index (χ1n) is 6.78. The van der Waals surface area contributed by atoms with Gasteiger partial charge in [-0.2, -0.15) is 13.2 Å². The summed E-state index contributed by atoms with van der Waals surface area (Å²) in [7, 11) is 0. The molecule has 0 atom stereocenters. The summed E-state index contributed by atoms with van der Waals surface area (Å²) in [5, 5.41) is 0.545. The van der Waals surface area contributed by atoms with Crippen LogP contribution in [0.3, 0.4) is 0 Å². The lowest BCUT2D eigenvalue weighted by Crippen LogP contribution is -2.41. The molecule has 0 spiro atoms. The molecule has 0 fully saturated rings. The number of hydrogen-bond acceptors (Lipinski definition) is 5. The van der Waals surface area contributed by atoms with Crippen LogP contribution < -0.4 is 16.4 Å². The molecule has 0 saturated carbocycles. The Morgan fingerprint density at radius 3 is 2.42 bits per heavy atom. The lowest BCUT2D eigenvalue weighted by molar-refractivity contribution is -0.137. The minimum absolute atomic E-state index is 0.0987. The van der Waals surface area contributed by atoms with Gasteiger partial charge in [0, 0.05) is 5.56 Å². The number of fused-ring (bicyclic) bond motifs is 1. The topological polar surface area (TPSA) is 66.1 Å². The van der Waals surface area contributed by atoms with E-state index in [-0.39, 0.29) is 5.56 Å². The predicted molar refractivity (Wildman–Crippen MR) is 85.3 cm³/mol. The van der Waals surface area contributed by atoms with Gasteiger partial charge in [0.05, 0.1) is 15.8 Å². The molecule has 0 aliphatic rings. The molecule has 9 heteroatoms. The number of hydrogen-bond donors (Lipinski definition) is 3. The molecular formula is C15H11F3N4OS. The van der Waals surface area contributed by atoms with Gasteiger partial charge in [0.1, 0.15) is 0 Å². The van der Waals surface area contributed by atoms with E-state index in [1.807, 2.05) is 24.3 Å². The number of para-hydroxylation sites is 1. The molecule has 0 bridgehead atoms. The first kappa shape index (κ1) is 16.2. The molecule has 3 N–H and O–H groups in total. The number of benzene rings is 2. The standard InChI is InChI=1S/C15H11F3N4OS/c16-15(17,18)10-7-5-9(6-8-10)13(23)20-22-21-14-19-11-3-1-2-4-12(11)24-14/h1-8,22H,(H,19,21)(H,20,23). The second kappa shape index (κ2) is 6.46. The highest BCUT2D eigenvalue weighted by atomic mass is 32.1. The summed E-state index contributed by atoms with van der Waals surface area (Å²) in [6.45, 7) is 0. The summed E-state index contributed by atoms with van der Waals surface area (Å²) in [4.78, 5) is 16.1. The molecule has 0 radical (unpaired) electrons. The molecule has 124 valence electrons. The molecule has 1 amide bonds. The zero-order valence-electron chi connectivity index (χ0n) is 12.0. The zero-order chi connectivity index (χ0) is 17.2. The third-order valence-corrected chi connectivity index (χ3v) is 4.07. The third kappa shape index (κ3) is 3.63. The second-order valence-corrected chi connectivity index (χ2v) is 5.80. The fourth-order valence-electron chi connectivity index (χ4n) is 1.95. The number of rotatable bonds is 4. The molecule has 3 aromatic rings. The molecule has 0 aliphatic heterocycles. The Morgan fingerprint density at radius 1 is 1.04 bits per heavy atom. The highest BCUT2D eigenvalue weighted by Gasteiger charge is 2.30. The van der Waals surface area contributed by atoms with Crippen molar-refractivity contribution in [1.82, 2.24) is 15.9 Å². The van der Waals surface area contributed by atoms with Gasteiger partial charge in [0.15, 0.2) is 5.13 Å². The number of carbonyl (C=O) groups is 1. The second-order valence-electron chi connectivity index (χ2n) is 4.77. The molecule has 0 unspecified atom stereocenters. The normalized spacial score (nSPS) is 11.5. The van der Waals surface area contributed by atoms with Crippen molar-refractivity contribution in [2.45, 2.75) is 6.18 Å². The number of nitrogens with zero attached hydrogens (tertiary/aromatic N) is 1. The Kier molecular flexibility index (Phi) is 4.36. The lowest BCUT2D eigenvalue weighted by Gasteiger charge is -2.09. The first-order chi connectivity index (χ1) is 11.4. The van der Waals surface area contributed by atoms with Crippen molar-refractivity contribution in [1.29, 1.82) is 0 Å². The largest absolute Gasteiger partial charge is 0.416 e. The van der Waals surface area contributed by atoms with Crippen molar-refractivity contribution in [3.8, 4) is 0 Å². The number of thiazole rings is 1. The molecule has 0 saturated heterocycles. The third-order valence-electron chi connectivity index (χ3n) is 3.11. The summed E-state index contributed by atoms with van der Waals surface area (Å²) in [6, 6.07) is 11.5. The Labute approximate surface area is 138 Å². The van der Waals surface area contributed by atoms with Gasteiger partial charge in [-0.05, 0) is 36.4 Å². The number of halogens is 3. The molecule has 1 heterocycles. The van der Waals surface area contributed by atoms with Crippen LogP contribution >= 0.6 is 11.3 Å². The summed E-state index contributed by atoms with van der Waals surface area (Å²) in [5.41, 5.74) is 7.65. The van der Waals surface area contributed by atoms with E-state index in [1.54, 1.807) is 0 Å². The van der Waals surface area contributed by atoms with Gasteiger partial charge < -0.3 is 0 Å². The average molecular weight is 352 g/mol. The monoisotopic (exact) mass is 352 g/mol. The number of hydrazine groups is 2. The Bertz CT molecular complexity index is 828. The molecule has 1 aromatic heterocycles. The molecule has 2 aromatic carbocycles. The maximum absolute atomic E-state index is 12.5. The van der Waals surface area contributed by atoms with Gasteiger partial charge in [-0.15, -0.1) is 5.53 Å². The lowest BCUT2D eigenvalue weighted by atomic mass is 10.1. The van der Waals surface area contributed by atoms with Crippen LogP contribution in [-0.2, 0) is 6.18 Å². The number of carbonyl (C=O) groups excluding carboxylic acids is 1. The highest BCUT2D eigenvalue weighted by molar-refractivity contribution is 7.22. The van der Waals surface area contributed by atoms with E-state index in [0.29, 0.717) is 5.13 Å². The number of anilines is 1. The van der Waals surface area contributed by atoms with Gasteiger partial charge in [-0.3, -0.25) is 15.6 Å². The van der Waals surface area contributed by atoms with Gasteiger partial charge in [-0.1, -0.05) is 23.5 Å². The van der Waals surface area contributed by atoms with Crippen LogP contribution in [0.5, 0.6) is 0 Å². The summed E-state index contributed by atoms with van der Waals surface area (Å²) >= 11 is 1.39. The summed E-state index contributed by atoms with van der Waals surface area (Å²) in [6.07, 6.45) is -4.43. The summed E-state index contributed by atoms with van der Waals surface area (Å²) in [5.74, 6) is -0.572. The molecule has 24 heavy (non-hydrogen) atoms. The predicted octanol–water partition coefficient (Wildman–Crippen LogP) is 3.58. The number of amides is 1. The summed E-state index contributed by atoms with van der Waals surface area (Å²) < 4.78 is 38.4. The van der Waals surface area contributed by atoms with Gasteiger partial charge in [0.2, 0.25) is 0 Å². The molecule has 0 aliphatic carbocycles. The van der Waals surface area contributed by atoms with E-state index in [4.69, 9.17) is 0 Å². The van der Waals surface area contributed by atoms with Crippen molar-refractivity contribution in [3.63, 3.8) is 0 Å². The van der Waals surface area contributed by atoms with E-state index in [2.05, 4.69) is 21.4 Å². The van der Waals surface area contributed by atoms with Crippen LogP contribution in [0.15, 0.2) is 48.5 Å². The first-order valence-corrected chi connectivity index (χ1v) is 7.59. The van der Waals surface area contributed by atoms with E-state index in [0.717, 1.165) is 34.5 Å². The maximum atomic E-state index is 12.5. The Hall–Kier alpha value is -2.65. The SMILES string of the molecule is O=C(NNNc1nc2ccccc2s1)c1ccc(C(F)(F)F)cc1. The Balaban J connectivity index is 1.57. The number of nitrogens with one attached hydrogen (secondary N) is 3. The van der Waals surface area contributed by atoms with Gasteiger partial charge >= 0.3 is 6.18 Å². The molecule has 3 rings (SSSR count). The van der Waals surface area contributed by atoms with E-state index in [1.165, 1.54) is 11.3 Å². The van der Waals surface area contributed by atoms with E-state index in [9.17, 15) is 18.0 Å². The van der Waals surface area contributed by atoms with Crippen molar-refractivity contribution in [2.75, 3.05) is 5.43 Å². The fourth-order valence-corrected chi connectivity index (χ4v) is 2.77. The van der Waals surface area contributed by atoms with Crippen LogP contribution in [0.2, 0.25) is 0 Å². The van der Waals surface area contributed by atoms with E-state index >= 15 is 0 Å². The van der Waals surface area contributed by atoms with Crippen LogP contribution in [0.4, 0.5) is 18.3 Å². The van der Waals surface area contributed by atoms with Crippen molar-refractivity contribution < 1.29 is 18.0 Å². The fraction of sp³-hybridized carbons (Fsp3) is 0.0667. The number of alkyl halides is 3. The van der Waals surface area contributed by atoms with E-state index < -0.39 is 17.6 Å². The maximum Gasteiger partial charge on any atom is 0.416 e. The van der Waals surface area contributed by atoms with Crippen LogP contribution in [-0.4, -0.2) is 10.9 Å². The van der Waals surface area contributed by atoms with Crippen molar-refractivity contribution in [3.05, 3.63) is 59.7 Å². The minimum atomic E-state index is -4.43. The highest BCUT2D eigenvalue weighted by Crippen LogP contribution is 2.29.